The molecule has 5 heteroatoms. The Balaban J connectivity index is 2.90. The molecule has 0 aliphatic heterocycles. The van der Waals surface area contributed by atoms with Gasteiger partial charge in [0.15, 0.2) is 0 Å². The van der Waals surface area contributed by atoms with Gasteiger partial charge in [-0.1, -0.05) is 0 Å². The normalized spacial score (nSPS) is 10.2. The second-order valence-corrected chi connectivity index (χ2v) is 4.47. The summed E-state index contributed by atoms with van der Waals surface area (Å²) < 4.78 is 0.574. The van der Waals surface area contributed by atoms with Gasteiger partial charge in [0.25, 0.3) is 5.91 Å². The molecule has 1 aromatic rings. The summed E-state index contributed by atoms with van der Waals surface area (Å²) in [4.78, 5) is 13.6. The fourth-order valence-electron chi connectivity index (χ4n) is 1.33. The van der Waals surface area contributed by atoms with E-state index in [-0.39, 0.29) is 11.7 Å². The smallest absolute Gasteiger partial charge is 0.254 e. The number of benzene rings is 1. The number of nitrogens with zero attached hydrogens (tertiary/aromatic N) is 1. The van der Waals surface area contributed by atoms with E-state index >= 15 is 0 Å². The second-order valence-electron chi connectivity index (χ2n) is 3.24. The number of carbonyl (C=O) groups is 1. The van der Waals surface area contributed by atoms with Crippen molar-refractivity contribution in [2.24, 2.45) is 0 Å². The molecule has 1 aromatic carbocycles. The van der Waals surface area contributed by atoms with Crippen molar-refractivity contribution in [2.45, 2.75) is 6.92 Å². The highest BCUT2D eigenvalue weighted by Crippen LogP contribution is 2.24. The van der Waals surface area contributed by atoms with Crippen LogP contribution >= 0.6 is 27.5 Å². The number of alkyl halides is 1. The van der Waals surface area contributed by atoms with Crippen molar-refractivity contribution in [1.29, 1.82) is 0 Å². The number of phenols is 1. The van der Waals surface area contributed by atoms with E-state index in [1.54, 1.807) is 17.0 Å². The maximum Gasteiger partial charge on any atom is 0.254 e. The number of phenolic OH excluding ortho intramolecular Hbond substituents is 1. The molecule has 1 rings (SSSR count). The molecule has 0 atom stereocenters. The fourth-order valence-corrected chi connectivity index (χ4v) is 1.78. The molecule has 0 spiro atoms. The summed E-state index contributed by atoms with van der Waals surface area (Å²) in [6.07, 6.45) is 0. The largest absolute Gasteiger partial charge is 0.507 e. The summed E-state index contributed by atoms with van der Waals surface area (Å²) in [6.45, 7) is 3.00. The Bertz CT molecular complexity index is 384. The van der Waals surface area contributed by atoms with Crippen LogP contribution in [0.25, 0.3) is 0 Å². The Labute approximate surface area is 108 Å². The summed E-state index contributed by atoms with van der Waals surface area (Å²) in [5.41, 5.74) is 0.465. The molecular weight excluding hydrogens is 293 g/mol. The molecule has 0 fully saturated rings. The molecule has 0 unspecified atom stereocenters. The van der Waals surface area contributed by atoms with E-state index in [1.807, 2.05) is 6.92 Å². The first-order chi connectivity index (χ1) is 7.60. The predicted molar refractivity (Wildman–Crippen MR) is 68.1 cm³/mol. The summed E-state index contributed by atoms with van der Waals surface area (Å²) in [6, 6.07) is 4.77. The first-order valence-electron chi connectivity index (χ1n) is 4.94. The van der Waals surface area contributed by atoms with Gasteiger partial charge in [0.1, 0.15) is 5.75 Å². The molecule has 0 aliphatic rings. The van der Waals surface area contributed by atoms with Crippen molar-refractivity contribution in [3.8, 4) is 5.75 Å². The van der Waals surface area contributed by atoms with E-state index in [4.69, 9.17) is 11.6 Å². The molecule has 0 saturated heterocycles. The number of hydrogen-bond donors (Lipinski definition) is 1. The predicted octanol–water partition coefficient (Wildman–Crippen LogP) is 2.86. The lowest BCUT2D eigenvalue weighted by molar-refractivity contribution is 0.0773. The average molecular weight is 307 g/mol. The number of carbonyl (C=O) groups excluding carboxylic acids is 1. The van der Waals surface area contributed by atoms with Crippen molar-refractivity contribution in [3.05, 3.63) is 28.2 Å². The fraction of sp³-hybridized carbons (Fsp3) is 0.364. The van der Waals surface area contributed by atoms with Crippen molar-refractivity contribution in [1.82, 2.24) is 4.90 Å². The van der Waals surface area contributed by atoms with Crippen molar-refractivity contribution in [2.75, 3.05) is 19.0 Å². The van der Waals surface area contributed by atoms with Crippen molar-refractivity contribution in [3.63, 3.8) is 0 Å². The highest BCUT2D eigenvalue weighted by molar-refractivity contribution is 9.10. The minimum atomic E-state index is -0.119. The molecule has 88 valence electrons. The zero-order chi connectivity index (χ0) is 12.1. The molecule has 0 radical (unpaired) electrons. The minimum absolute atomic E-state index is 0.0628. The monoisotopic (exact) mass is 305 g/mol. The lowest BCUT2D eigenvalue weighted by atomic mass is 10.2. The average Bonchev–Trinajstić information content (AvgIpc) is 2.28. The van der Waals surface area contributed by atoms with Crippen LogP contribution in [-0.4, -0.2) is 34.9 Å². The number of amides is 1. The summed E-state index contributed by atoms with van der Waals surface area (Å²) >= 11 is 8.78. The molecule has 1 N–H and O–H groups in total. The van der Waals surface area contributed by atoms with Crippen LogP contribution in [0, 0.1) is 0 Å². The quantitative estimate of drug-likeness (QED) is 0.869. The van der Waals surface area contributed by atoms with E-state index in [0.717, 1.165) is 0 Å². The number of aromatic hydroxyl groups is 1. The van der Waals surface area contributed by atoms with Crippen LogP contribution in [0.5, 0.6) is 5.75 Å². The molecule has 0 aliphatic carbocycles. The van der Waals surface area contributed by atoms with Gasteiger partial charge < -0.3 is 10.0 Å². The number of halogens is 2. The second kappa shape index (κ2) is 6.11. The van der Waals surface area contributed by atoms with E-state index in [0.29, 0.717) is 29.0 Å². The van der Waals surface area contributed by atoms with E-state index in [1.165, 1.54) is 6.07 Å². The van der Waals surface area contributed by atoms with Gasteiger partial charge >= 0.3 is 0 Å². The van der Waals surface area contributed by atoms with Crippen LogP contribution in [0.15, 0.2) is 22.7 Å². The Hall–Kier alpha value is -0.740. The molecular formula is C11H13BrClNO2. The third-order valence-electron chi connectivity index (χ3n) is 2.22. The highest BCUT2D eigenvalue weighted by atomic mass is 79.9. The number of rotatable bonds is 4. The van der Waals surface area contributed by atoms with Gasteiger partial charge in [0.2, 0.25) is 0 Å². The van der Waals surface area contributed by atoms with Crippen molar-refractivity contribution >= 4 is 33.4 Å². The highest BCUT2D eigenvalue weighted by Gasteiger charge is 2.14. The van der Waals surface area contributed by atoms with Crippen LogP contribution in [-0.2, 0) is 0 Å². The van der Waals surface area contributed by atoms with Gasteiger partial charge in [-0.05, 0) is 41.1 Å². The van der Waals surface area contributed by atoms with Gasteiger partial charge in [-0.25, -0.2) is 0 Å². The molecule has 3 nitrogen and oxygen atoms in total. The first kappa shape index (κ1) is 13.3. The van der Waals surface area contributed by atoms with Gasteiger partial charge in [0.05, 0.1) is 4.47 Å². The molecule has 0 saturated carbocycles. The van der Waals surface area contributed by atoms with Crippen LogP contribution in [0.2, 0.25) is 0 Å². The van der Waals surface area contributed by atoms with Gasteiger partial charge in [0, 0.05) is 24.5 Å². The van der Waals surface area contributed by atoms with Gasteiger partial charge in [-0.15, -0.1) is 11.6 Å². The van der Waals surface area contributed by atoms with E-state index < -0.39 is 0 Å². The third-order valence-corrected chi connectivity index (χ3v) is 3.06. The lowest BCUT2D eigenvalue weighted by Gasteiger charge is -2.19. The maximum absolute atomic E-state index is 12.0. The topological polar surface area (TPSA) is 40.5 Å². The van der Waals surface area contributed by atoms with Crippen molar-refractivity contribution < 1.29 is 9.90 Å². The van der Waals surface area contributed by atoms with Crippen LogP contribution in [0.4, 0.5) is 0 Å². The summed E-state index contributed by atoms with van der Waals surface area (Å²) in [7, 11) is 0. The molecule has 16 heavy (non-hydrogen) atoms. The minimum Gasteiger partial charge on any atom is -0.507 e. The number of hydrogen-bond acceptors (Lipinski definition) is 2. The zero-order valence-electron chi connectivity index (χ0n) is 8.91. The molecule has 0 aromatic heterocycles. The lowest BCUT2D eigenvalue weighted by Crippen LogP contribution is -2.32. The standard InChI is InChI=1S/C11H13BrClNO2/c1-2-14(6-5-13)11(16)8-3-4-9(12)10(15)7-8/h3-4,7,15H,2,5-6H2,1H3. The molecule has 0 bridgehead atoms. The van der Waals surface area contributed by atoms with Gasteiger partial charge in [-0.3, -0.25) is 4.79 Å². The maximum atomic E-state index is 12.0. The Morgan fingerprint density at radius 1 is 1.56 bits per heavy atom. The summed E-state index contributed by atoms with van der Waals surface area (Å²) in [5, 5.41) is 9.49. The van der Waals surface area contributed by atoms with Crippen LogP contribution < -0.4 is 0 Å². The molecule has 0 heterocycles. The van der Waals surface area contributed by atoms with Crippen LogP contribution in [0.1, 0.15) is 17.3 Å². The SMILES string of the molecule is CCN(CCCl)C(=O)c1ccc(Br)c(O)c1. The van der Waals surface area contributed by atoms with Crippen LogP contribution in [0.3, 0.4) is 0 Å². The first-order valence-corrected chi connectivity index (χ1v) is 6.26. The van der Waals surface area contributed by atoms with E-state index in [2.05, 4.69) is 15.9 Å². The zero-order valence-corrected chi connectivity index (χ0v) is 11.3. The Kier molecular flexibility index (Phi) is 5.09. The summed E-state index contributed by atoms with van der Waals surface area (Å²) in [5.74, 6) is 0.348. The molecule has 1 amide bonds. The Morgan fingerprint density at radius 2 is 2.25 bits per heavy atom. The third kappa shape index (κ3) is 3.12. The van der Waals surface area contributed by atoms with E-state index in [9.17, 15) is 9.90 Å². The van der Waals surface area contributed by atoms with Gasteiger partial charge in [-0.2, -0.15) is 0 Å². The Morgan fingerprint density at radius 3 is 2.75 bits per heavy atom.